The molecular formula is C26H34N2O3. The van der Waals surface area contributed by atoms with E-state index in [4.69, 9.17) is 10.1 Å². The van der Waals surface area contributed by atoms with E-state index >= 15 is 0 Å². The van der Waals surface area contributed by atoms with E-state index in [9.17, 15) is 9.59 Å². The molecule has 0 aliphatic heterocycles. The van der Waals surface area contributed by atoms with E-state index in [1.54, 1.807) is 11.8 Å². The molecule has 0 atom stereocenters. The fraction of sp³-hybridized carbons (Fsp3) is 0.423. The number of rotatable bonds is 11. The first-order chi connectivity index (χ1) is 14.9. The van der Waals surface area contributed by atoms with Gasteiger partial charge in [0.05, 0.1) is 24.4 Å². The summed E-state index contributed by atoms with van der Waals surface area (Å²) in [6.07, 6.45) is 2.39. The van der Waals surface area contributed by atoms with Crippen LogP contribution in [0, 0.1) is 18.3 Å². The predicted molar refractivity (Wildman–Crippen MR) is 126 cm³/mol. The van der Waals surface area contributed by atoms with Crippen LogP contribution in [-0.4, -0.2) is 30.7 Å². The van der Waals surface area contributed by atoms with Crippen LogP contribution in [0.2, 0.25) is 0 Å². The number of carbonyl (C=O) groups is 2. The minimum absolute atomic E-state index is 0.0241. The maximum atomic E-state index is 13.3. The number of hydrogen-bond donors (Lipinski definition) is 1. The Hall–Kier alpha value is -2.95. The van der Waals surface area contributed by atoms with Crippen molar-refractivity contribution in [3.05, 3.63) is 65.2 Å². The number of amides is 1. The highest BCUT2D eigenvalue weighted by atomic mass is 16.5. The summed E-state index contributed by atoms with van der Waals surface area (Å²) in [5.41, 5.74) is 3.51. The highest BCUT2D eigenvalue weighted by molar-refractivity contribution is 6.15. The average Bonchev–Trinajstić information content (AvgIpc) is 2.78. The zero-order valence-electron chi connectivity index (χ0n) is 19.1. The Kier molecular flexibility index (Phi) is 9.44. The third-order valence-electron chi connectivity index (χ3n) is 5.54. The highest BCUT2D eigenvalue weighted by Crippen LogP contribution is 2.27. The second-order valence-corrected chi connectivity index (χ2v) is 7.75. The lowest BCUT2D eigenvalue weighted by atomic mass is 9.96. The summed E-state index contributed by atoms with van der Waals surface area (Å²) >= 11 is 0. The quantitative estimate of drug-likeness (QED) is 0.383. The second kappa shape index (κ2) is 12.0. The highest BCUT2D eigenvalue weighted by Gasteiger charge is 2.24. The number of carbonyl (C=O) groups excluding carboxylic acids is 2. The number of nitrogens with one attached hydrogen (secondary N) is 1. The molecule has 5 nitrogen and oxygen atoms in total. The van der Waals surface area contributed by atoms with E-state index in [2.05, 4.69) is 13.8 Å². The molecule has 2 rings (SSSR count). The van der Waals surface area contributed by atoms with Crippen molar-refractivity contribution < 1.29 is 14.3 Å². The van der Waals surface area contributed by atoms with Crippen molar-refractivity contribution in [1.29, 1.82) is 5.41 Å². The van der Waals surface area contributed by atoms with Gasteiger partial charge in [-0.25, -0.2) is 0 Å². The largest absolute Gasteiger partial charge is 0.466 e. The van der Waals surface area contributed by atoms with Crippen molar-refractivity contribution in [3.63, 3.8) is 0 Å². The molecule has 1 amide bonds. The zero-order valence-corrected chi connectivity index (χ0v) is 19.1. The molecule has 1 N–H and O–H groups in total. The van der Waals surface area contributed by atoms with Crippen molar-refractivity contribution >= 4 is 23.3 Å². The van der Waals surface area contributed by atoms with Crippen molar-refractivity contribution in [2.45, 2.75) is 53.4 Å². The van der Waals surface area contributed by atoms with Crippen molar-refractivity contribution in [2.75, 3.05) is 18.1 Å². The van der Waals surface area contributed by atoms with E-state index in [-0.39, 0.29) is 24.8 Å². The maximum Gasteiger partial charge on any atom is 0.307 e. The van der Waals surface area contributed by atoms with Crippen LogP contribution in [0.1, 0.15) is 63.1 Å². The molecule has 5 heteroatoms. The normalized spacial score (nSPS) is 10.7. The van der Waals surface area contributed by atoms with Crippen LogP contribution in [0.3, 0.4) is 0 Å². The Morgan fingerprint density at radius 3 is 2.32 bits per heavy atom. The molecule has 0 heterocycles. The third kappa shape index (κ3) is 6.78. The van der Waals surface area contributed by atoms with Gasteiger partial charge in [-0.3, -0.25) is 15.0 Å². The molecule has 0 aliphatic carbocycles. The van der Waals surface area contributed by atoms with Crippen LogP contribution in [0.25, 0.3) is 0 Å². The van der Waals surface area contributed by atoms with Crippen LogP contribution in [-0.2, 0) is 14.3 Å². The molecule has 2 aromatic carbocycles. The van der Waals surface area contributed by atoms with Gasteiger partial charge in [-0.15, -0.1) is 0 Å². The van der Waals surface area contributed by atoms with E-state index in [1.165, 1.54) is 0 Å². The van der Waals surface area contributed by atoms with Crippen LogP contribution < -0.4 is 4.90 Å². The summed E-state index contributed by atoms with van der Waals surface area (Å²) in [6.45, 7) is 8.47. The molecule has 0 radical (unpaired) electrons. The molecule has 31 heavy (non-hydrogen) atoms. The van der Waals surface area contributed by atoms with E-state index in [0.717, 1.165) is 24.0 Å². The number of hydrogen-bond acceptors (Lipinski definition) is 4. The lowest BCUT2D eigenvalue weighted by molar-refractivity contribution is -0.142. The smallest absolute Gasteiger partial charge is 0.307 e. The monoisotopic (exact) mass is 422 g/mol. The second-order valence-electron chi connectivity index (χ2n) is 7.75. The summed E-state index contributed by atoms with van der Waals surface area (Å²) in [4.78, 5) is 27.0. The van der Waals surface area contributed by atoms with Gasteiger partial charge in [-0.05, 0) is 31.9 Å². The zero-order chi connectivity index (χ0) is 22.8. The van der Waals surface area contributed by atoms with Gasteiger partial charge in [0.2, 0.25) is 5.91 Å². The predicted octanol–water partition coefficient (Wildman–Crippen LogP) is 5.52. The Bertz CT molecular complexity index is 889. The summed E-state index contributed by atoms with van der Waals surface area (Å²) in [5, 5.41) is 8.81. The standard InChI is InChI=1S/C26H34N2O3/c1-5-20(6-2)18-24(29)28(16-15-25(30)31-7-3)23-14-13-19(4)17-22(23)26(27)21-11-9-8-10-12-21/h8-14,17,20,27H,5-7,15-16,18H2,1-4H3. The van der Waals surface area contributed by atoms with Gasteiger partial charge in [0.15, 0.2) is 0 Å². The Labute approximate surface area is 185 Å². The average molecular weight is 423 g/mol. The Morgan fingerprint density at radius 2 is 1.71 bits per heavy atom. The van der Waals surface area contributed by atoms with Gasteiger partial charge >= 0.3 is 5.97 Å². The summed E-state index contributed by atoms with van der Waals surface area (Å²) in [6, 6.07) is 15.3. The van der Waals surface area contributed by atoms with E-state index in [1.807, 2.05) is 55.5 Å². The molecule has 0 aromatic heterocycles. The first kappa shape index (κ1) is 24.3. The molecule has 2 aromatic rings. The number of aryl methyl sites for hydroxylation is 1. The van der Waals surface area contributed by atoms with Crippen LogP contribution >= 0.6 is 0 Å². The molecule has 0 saturated carbocycles. The minimum atomic E-state index is -0.324. The maximum absolute atomic E-state index is 13.3. The van der Waals surface area contributed by atoms with Gasteiger partial charge in [-0.2, -0.15) is 0 Å². The van der Waals surface area contributed by atoms with Gasteiger partial charge in [0.1, 0.15) is 0 Å². The molecular weight excluding hydrogens is 388 g/mol. The molecule has 0 aliphatic rings. The number of nitrogens with zero attached hydrogens (tertiary/aromatic N) is 1. The van der Waals surface area contributed by atoms with Crippen molar-refractivity contribution in [3.8, 4) is 0 Å². The Balaban J connectivity index is 2.45. The summed E-state index contributed by atoms with van der Waals surface area (Å²) in [5.74, 6) is -0.0568. The topological polar surface area (TPSA) is 70.5 Å². The molecule has 0 spiro atoms. The molecule has 0 fully saturated rings. The molecule has 0 bridgehead atoms. The lowest BCUT2D eigenvalue weighted by Crippen LogP contribution is -2.35. The van der Waals surface area contributed by atoms with Gasteiger partial charge in [-0.1, -0.05) is 68.7 Å². The fourth-order valence-corrected chi connectivity index (χ4v) is 3.60. The molecule has 0 unspecified atom stereocenters. The lowest BCUT2D eigenvalue weighted by Gasteiger charge is -2.27. The third-order valence-corrected chi connectivity index (χ3v) is 5.54. The number of benzene rings is 2. The summed E-state index contributed by atoms with van der Waals surface area (Å²) < 4.78 is 5.08. The van der Waals surface area contributed by atoms with E-state index < -0.39 is 0 Å². The van der Waals surface area contributed by atoms with Gasteiger partial charge < -0.3 is 9.64 Å². The Morgan fingerprint density at radius 1 is 1.03 bits per heavy atom. The van der Waals surface area contributed by atoms with Crippen molar-refractivity contribution in [2.24, 2.45) is 5.92 Å². The van der Waals surface area contributed by atoms with Crippen LogP contribution in [0.4, 0.5) is 5.69 Å². The first-order valence-electron chi connectivity index (χ1n) is 11.1. The molecule has 166 valence electrons. The minimum Gasteiger partial charge on any atom is -0.466 e. The fourth-order valence-electron chi connectivity index (χ4n) is 3.60. The van der Waals surface area contributed by atoms with E-state index in [0.29, 0.717) is 35.9 Å². The number of esters is 1. The number of ether oxygens (including phenoxy) is 1. The number of anilines is 1. The SMILES string of the molecule is CCOC(=O)CCN(C(=O)CC(CC)CC)c1ccc(C)cc1C(=N)c1ccccc1. The van der Waals surface area contributed by atoms with Crippen LogP contribution in [0.15, 0.2) is 48.5 Å². The van der Waals surface area contributed by atoms with Crippen LogP contribution in [0.5, 0.6) is 0 Å². The van der Waals surface area contributed by atoms with Gasteiger partial charge in [0.25, 0.3) is 0 Å². The van der Waals surface area contributed by atoms with Crippen molar-refractivity contribution in [1.82, 2.24) is 0 Å². The first-order valence-corrected chi connectivity index (χ1v) is 11.1. The van der Waals surface area contributed by atoms with Gasteiger partial charge in [0, 0.05) is 24.1 Å². The molecule has 0 saturated heterocycles. The summed E-state index contributed by atoms with van der Waals surface area (Å²) in [7, 11) is 0.